The van der Waals surface area contributed by atoms with Crippen LogP contribution in [0.2, 0.25) is 0 Å². The largest absolute Gasteiger partial charge is 0.335 e. The van der Waals surface area contributed by atoms with Gasteiger partial charge in [-0.3, -0.25) is 5.10 Å². The van der Waals surface area contributed by atoms with Crippen LogP contribution < -0.4 is 10.6 Å². The summed E-state index contributed by atoms with van der Waals surface area (Å²) in [7, 11) is 0. The highest BCUT2D eigenvalue weighted by Crippen LogP contribution is 2.22. The van der Waals surface area contributed by atoms with E-state index >= 15 is 0 Å². The first-order valence-corrected chi connectivity index (χ1v) is 6.06. The molecule has 2 atom stereocenters. The lowest BCUT2D eigenvalue weighted by atomic mass is 9.99. The summed E-state index contributed by atoms with van der Waals surface area (Å²) >= 11 is 0. The van der Waals surface area contributed by atoms with Gasteiger partial charge in [0, 0.05) is 18.6 Å². The average Bonchev–Trinajstić information content (AvgIpc) is 3.01. The molecule has 3 heterocycles. The van der Waals surface area contributed by atoms with Gasteiger partial charge in [0.25, 0.3) is 0 Å². The number of hydrogen-bond acceptors (Lipinski definition) is 6. The third kappa shape index (κ3) is 1.84. The van der Waals surface area contributed by atoms with E-state index in [4.69, 9.17) is 5.73 Å². The molecule has 2 aromatic heterocycles. The van der Waals surface area contributed by atoms with Crippen molar-refractivity contribution in [2.45, 2.75) is 31.8 Å². The summed E-state index contributed by atoms with van der Waals surface area (Å²) in [5.74, 6) is 1.29. The van der Waals surface area contributed by atoms with Gasteiger partial charge >= 0.3 is 0 Å². The number of rotatable bonds is 2. The Morgan fingerprint density at radius 3 is 3.11 bits per heavy atom. The van der Waals surface area contributed by atoms with Gasteiger partial charge in [-0.05, 0) is 19.8 Å². The van der Waals surface area contributed by atoms with Gasteiger partial charge in [0.05, 0.1) is 6.20 Å². The van der Waals surface area contributed by atoms with Crippen LogP contribution in [0.4, 0.5) is 5.95 Å². The van der Waals surface area contributed by atoms with Crippen LogP contribution in [0.5, 0.6) is 0 Å². The van der Waals surface area contributed by atoms with Crippen molar-refractivity contribution < 1.29 is 0 Å². The fraction of sp³-hybridized carbons (Fsp3) is 0.600. The summed E-state index contributed by atoms with van der Waals surface area (Å²) in [5, 5.41) is 17.4. The molecule has 3 rings (SSSR count). The van der Waals surface area contributed by atoms with Crippen LogP contribution in [-0.4, -0.2) is 49.2 Å². The topological polar surface area (TPSA) is 112 Å². The van der Waals surface area contributed by atoms with Crippen molar-refractivity contribution in [3.05, 3.63) is 6.20 Å². The van der Waals surface area contributed by atoms with E-state index in [1.54, 1.807) is 6.20 Å². The van der Waals surface area contributed by atoms with E-state index in [-0.39, 0.29) is 12.1 Å². The third-order valence-corrected chi connectivity index (χ3v) is 3.44. The molecule has 1 saturated heterocycles. The van der Waals surface area contributed by atoms with Crippen molar-refractivity contribution >= 4 is 5.95 Å². The van der Waals surface area contributed by atoms with E-state index in [9.17, 15) is 0 Å². The molecule has 1 aliphatic rings. The lowest BCUT2D eigenvalue weighted by molar-refractivity contribution is 0.416. The number of H-pyrrole nitrogens is 2. The van der Waals surface area contributed by atoms with Crippen LogP contribution in [0.25, 0.3) is 11.5 Å². The zero-order valence-corrected chi connectivity index (χ0v) is 10.2. The van der Waals surface area contributed by atoms with Crippen LogP contribution in [0.1, 0.15) is 19.8 Å². The molecule has 0 radical (unpaired) electrons. The van der Waals surface area contributed by atoms with Crippen molar-refractivity contribution in [2.24, 2.45) is 5.73 Å². The first kappa shape index (κ1) is 11.1. The zero-order valence-electron chi connectivity index (χ0n) is 10.2. The molecule has 0 aliphatic carbocycles. The number of hydrogen-bond donors (Lipinski definition) is 3. The van der Waals surface area contributed by atoms with Crippen LogP contribution in [0, 0.1) is 0 Å². The highest BCUT2D eigenvalue weighted by Gasteiger charge is 2.27. The Hall–Kier alpha value is -1.96. The molecule has 4 N–H and O–H groups in total. The smallest absolute Gasteiger partial charge is 0.245 e. The van der Waals surface area contributed by atoms with E-state index in [1.165, 1.54) is 0 Å². The Labute approximate surface area is 104 Å². The van der Waals surface area contributed by atoms with Crippen molar-refractivity contribution in [3.63, 3.8) is 0 Å². The van der Waals surface area contributed by atoms with Gasteiger partial charge in [-0.2, -0.15) is 20.4 Å². The minimum atomic E-state index is 0.174. The Bertz CT molecular complexity index is 504. The van der Waals surface area contributed by atoms with E-state index < -0.39 is 0 Å². The Morgan fingerprint density at radius 1 is 1.44 bits per heavy atom. The molecule has 8 nitrogen and oxygen atoms in total. The van der Waals surface area contributed by atoms with E-state index in [0.29, 0.717) is 17.5 Å². The highest BCUT2D eigenvalue weighted by molar-refractivity contribution is 5.49. The summed E-state index contributed by atoms with van der Waals surface area (Å²) in [6.07, 6.45) is 3.73. The molecule has 1 fully saturated rings. The highest BCUT2D eigenvalue weighted by atomic mass is 15.4. The summed E-state index contributed by atoms with van der Waals surface area (Å²) in [4.78, 5) is 6.58. The molecule has 1 aliphatic heterocycles. The fourth-order valence-electron chi connectivity index (χ4n) is 2.27. The van der Waals surface area contributed by atoms with E-state index in [0.717, 1.165) is 19.4 Å². The lowest BCUT2D eigenvalue weighted by Crippen LogP contribution is -2.50. The van der Waals surface area contributed by atoms with E-state index in [2.05, 4.69) is 42.4 Å². The minimum absolute atomic E-state index is 0.174. The number of anilines is 1. The molecule has 8 heteroatoms. The monoisotopic (exact) mass is 248 g/mol. The molecular weight excluding hydrogens is 232 g/mol. The SMILES string of the molecule is CC1C(N)CCCN1c1n[nH]c(-c2cn[nH]n2)n1. The molecule has 0 amide bonds. The van der Waals surface area contributed by atoms with Gasteiger partial charge in [0.15, 0.2) is 5.82 Å². The Morgan fingerprint density at radius 2 is 2.33 bits per heavy atom. The molecule has 2 unspecified atom stereocenters. The van der Waals surface area contributed by atoms with Gasteiger partial charge < -0.3 is 10.6 Å². The number of nitrogens with zero attached hydrogens (tertiary/aromatic N) is 5. The molecule has 0 aromatic carbocycles. The summed E-state index contributed by atoms with van der Waals surface area (Å²) in [6.45, 7) is 3.04. The molecule has 0 saturated carbocycles. The summed E-state index contributed by atoms with van der Waals surface area (Å²) < 4.78 is 0. The fourth-order valence-corrected chi connectivity index (χ4v) is 2.27. The predicted octanol–water partition coefficient (Wildman–Crippen LogP) is -0.0942. The van der Waals surface area contributed by atoms with Crippen LogP contribution in [0.15, 0.2) is 6.20 Å². The van der Waals surface area contributed by atoms with Gasteiger partial charge in [0.1, 0.15) is 5.69 Å². The third-order valence-electron chi connectivity index (χ3n) is 3.44. The van der Waals surface area contributed by atoms with Gasteiger partial charge in [-0.15, -0.1) is 5.10 Å². The number of nitrogens with one attached hydrogen (secondary N) is 2. The number of nitrogens with two attached hydrogens (primary N) is 1. The Balaban J connectivity index is 1.84. The second-order valence-corrected chi connectivity index (χ2v) is 4.58. The number of aromatic nitrogens is 6. The molecule has 0 spiro atoms. The van der Waals surface area contributed by atoms with Crippen molar-refractivity contribution in [3.8, 4) is 11.5 Å². The first-order valence-electron chi connectivity index (χ1n) is 6.06. The van der Waals surface area contributed by atoms with Gasteiger partial charge in [-0.25, -0.2) is 0 Å². The van der Waals surface area contributed by atoms with Gasteiger partial charge in [0.2, 0.25) is 5.95 Å². The van der Waals surface area contributed by atoms with Crippen molar-refractivity contribution in [1.29, 1.82) is 0 Å². The molecule has 18 heavy (non-hydrogen) atoms. The van der Waals surface area contributed by atoms with Crippen molar-refractivity contribution in [1.82, 2.24) is 30.6 Å². The second kappa shape index (κ2) is 4.37. The lowest BCUT2D eigenvalue weighted by Gasteiger charge is -2.36. The number of aromatic amines is 2. The summed E-state index contributed by atoms with van der Waals surface area (Å²) in [6, 6.07) is 0.424. The van der Waals surface area contributed by atoms with Crippen LogP contribution >= 0.6 is 0 Å². The molecule has 0 bridgehead atoms. The second-order valence-electron chi connectivity index (χ2n) is 4.58. The standard InChI is InChI=1S/C10H16N8/c1-6-7(11)3-2-4-18(6)10-13-9(15-16-10)8-5-12-17-14-8/h5-7H,2-4,11H2,1H3,(H,12,14,17)(H,13,15,16). The average molecular weight is 248 g/mol. The quantitative estimate of drug-likeness (QED) is 0.684. The maximum absolute atomic E-state index is 6.07. The first-order chi connectivity index (χ1) is 8.75. The predicted molar refractivity (Wildman–Crippen MR) is 65.8 cm³/mol. The molecule has 96 valence electrons. The van der Waals surface area contributed by atoms with E-state index in [1.807, 2.05) is 0 Å². The van der Waals surface area contributed by atoms with Crippen LogP contribution in [-0.2, 0) is 0 Å². The minimum Gasteiger partial charge on any atom is -0.335 e. The Kier molecular flexibility index (Phi) is 2.71. The number of piperidine rings is 1. The maximum Gasteiger partial charge on any atom is 0.245 e. The van der Waals surface area contributed by atoms with Crippen molar-refractivity contribution in [2.75, 3.05) is 11.4 Å². The maximum atomic E-state index is 6.07. The molecule has 2 aromatic rings. The normalized spacial score (nSPS) is 24.4. The van der Waals surface area contributed by atoms with Crippen LogP contribution in [0.3, 0.4) is 0 Å². The van der Waals surface area contributed by atoms with Gasteiger partial charge in [-0.1, -0.05) is 0 Å². The summed E-state index contributed by atoms with van der Waals surface area (Å²) in [5.41, 5.74) is 6.73. The zero-order chi connectivity index (χ0) is 12.5. The molecular formula is C10H16N8.